The number of fused-ring (bicyclic) bond motifs is 2. The van der Waals surface area contributed by atoms with E-state index in [0.29, 0.717) is 23.3 Å². The molecule has 1 aliphatic rings. The molecule has 1 aliphatic heterocycles. The van der Waals surface area contributed by atoms with Gasteiger partial charge in [0, 0.05) is 32.7 Å². The van der Waals surface area contributed by atoms with E-state index in [2.05, 4.69) is 50.9 Å². The number of likely N-dealkylation sites (N-methyl/N-ethyl adjacent to an activating group) is 1. The van der Waals surface area contributed by atoms with Crippen molar-refractivity contribution >= 4 is 21.9 Å². The molecule has 4 aromatic rings. The minimum atomic E-state index is -0.174. The van der Waals surface area contributed by atoms with Gasteiger partial charge in [0.1, 0.15) is 11.6 Å². The number of hydrogen-bond acceptors (Lipinski definition) is 6. The van der Waals surface area contributed by atoms with Gasteiger partial charge in [-0.2, -0.15) is 0 Å². The summed E-state index contributed by atoms with van der Waals surface area (Å²) < 4.78 is 6.01. The first-order valence-electron chi connectivity index (χ1n) is 11.1. The van der Waals surface area contributed by atoms with Gasteiger partial charge in [0.15, 0.2) is 0 Å². The fourth-order valence-corrected chi connectivity index (χ4v) is 4.16. The van der Waals surface area contributed by atoms with E-state index in [4.69, 9.17) is 9.72 Å². The van der Waals surface area contributed by atoms with E-state index in [1.165, 1.54) is 5.56 Å². The van der Waals surface area contributed by atoms with Crippen LogP contribution in [0, 0.1) is 0 Å². The largest absolute Gasteiger partial charge is 0.493 e. The standard InChI is InChI=1S/C24H28N6O2/c1-3-10-32-22-5-4-16(14-30-8-6-29(2)7-9-30)11-18(22)23-27-19-13-21-20(25-15-26-21)12-17(19)24(31)28-23/h4-5,11-13,15H,3,6-10,14H2,1-2H3,(H,25,26)(H,27,28,31). The molecule has 0 saturated carbocycles. The maximum atomic E-state index is 12.9. The summed E-state index contributed by atoms with van der Waals surface area (Å²) in [5, 5.41) is 0.537. The number of piperazine rings is 1. The molecule has 8 nitrogen and oxygen atoms in total. The van der Waals surface area contributed by atoms with Crippen molar-refractivity contribution in [3.05, 3.63) is 52.6 Å². The summed E-state index contributed by atoms with van der Waals surface area (Å²) in [6, 6.07) is 9.85. The summed E-state index contributed by atoms with van der Waals surface area (Å²) in [7, 11) is 2.16. The van der Waals surface area contributed by atoms with Crippen molar-refractivity contribution < 1.29 is 4.74 Å². The number of imidazole rings is 1. The predicted octanol–water partition coefficient (Wildman–Crippen LogP) is 3.00. The number of rotatable bonds is 6. The molecule has 0 bridgehead atoms. The highest BCUT2D eigenvalue weighted by Gasteiger charge is 2.17. The Morgan fingerprint density at radius 2 is 1.94 bits per heavy atom. The molecule has 0 amide bonds. The molecule has 2 N–H and O–H groups in total. The molecule has 2 aromatic carbocycles. The molecule has 8 heteroatoms. The molecule has 1 fully saturated rings. The van der Waals surface area contributed by atoms with Crippen LogP contribution in [0.5, 0.6) is 5.75 Å². The highest BCUT2D eigenvalue weighted by Crippen LogP contribution is 2.30. The van der Waals surface area contributed by atoms with E-state index in [-0.39, 0.29) is 5.56 Å². The van der Waals surface area contributed by atoms with Crippen LogP contribution in [0.4, 0.5) is 0 Å². The van der Waals surface area contributed by atoms with Crippen LogP contribution in [-0.2, 0) is 6.54 Å². The van der Waals surface area contributed by atoms with Gasteiger partial charge < -0.3 is 19.6 Å². The molecule has 0 spiro atoms. The molecule has 32 heavy (non-hydrogen) atoms. The van der Waals surface area contributed by atoms with Gasteiger partial charge in [-0.3, -0.25) is 9.69 Å². The van der Waals surface area contributed by atoms with E-state index >= 15 is 0 Å². The predicted molar refractivity (Wildman–Crippen MR) is 126 cm³/mol. The lowest BCUT2D eigenvalue weighted by Crippen LogP contribution is -2.43. The third kappa shape index (κ3) is 4.11. The normalized spacial score (nSPS) is 15.6. The number of nitrogens with zero attached hydrogens (tertiary/aromatic N) is 4. The SMILES string of the molecule is CCCOc1ccc(CN2CCN(C)CC2)cc1-c1nc2cc3nc[nH]c3cc2c(=O)[nH]1. The Bertz CT molecular complexity index is 1300. The lowest BCUT2D eigenvalue weighted by molar-refractivity contribution is 0.148. The average molecular weight is 433 g/mol. The van der Waals surface area contributed by atoms with Crippen molar-refractivity contribution in [2.45, 2.75) is 19.9 Å². The lowest BCUT2D eigenvalue weighted by atomic mass is 10.1. The molecule has 5 rings (SSSR count). The number of ether oxygens (including phenoxy) is 1. The number of hydrogen-bond donors (Lipinski definition) is 2. The zero-order valence-corrected chi connectivity index (χ0v) is 18.5. The average Bonchev–Trinajstić information content (AvgIpc) is 3.26. The first kappa shape index (κ1) is 20.7. The van der Waals surface area contributed by atoms with Crippen LogP contribution in [-0.4, -0.2) is 69.6 Å². The minimum absolute atomic E-state index is 0.174. The van der Waals surface area contributed by atoms with E-state index in [1.807, 2.05) is 12.1 Å². The van der Waals surface area contributed by atoms with Gasteiger partial charge in [0.2, 0.25) is 0 Å². The van der Waals surface area contributed by atoms with Crippen molar-refractivity contribution in [1.82, 2.24) is 29.7 Å². The van der Waals surface area contributed by atoms with E-state index in [9.17, 15) is 4.79 Å². The molecule has 166 valence electrons. The van der Waals surface area contributed by atoms with Crippen LogP contribution in [0.15, 0.2) is 41.5 Å². The Morgan fingerprint density at radius 3 is 2.75 bits per heavy atom. The number of aromatic amines is 2. The fourth-order valence-electron chi connectivity index (χ4n) is 4.16. The highest BCUT2D eigenvalue weighted by molar-refractivity contribution is 5.93. The summed E-state index contributed by atoms with van der Waals surface area (Å²) in [6.07, 6.45) is 2.53. The summed E-state index contributed by atoms with van der Waals surface area (Å²) in [5.74, 6) is 1.25. The van der Waals surface area contributed by atoms with Crippen LogP contribution in [0.2, 0.25) is 0 Å². The topological polar surface area (TPSA) is 90.1 Å². The zero-order chi connectivity index (χ0) is 22.1. The number of nitrogens with one attached hydrogen (secondary N) is 2. The molecular weight excluding hydrogens is 404 g/mol. The molecule has 3 heterocycles. The zero-order valence-electron chi connectivity index (χ0n) is 18.5. The first-order valence-corrected chi connectivity index (χ1v) is 11.1. The maximum Gasteiger partial charge on any atom is 0.259 e. The van der Waals surface area contributed by atoms with E-state index in [0.717, 1.165) is 61.5 Å². The third-order valence-electron chi connectivity index (χ3n) is 6.01. The number of aromatic nitrogens is 4. The summed E-state index contributed by atoms with van der Waals surface area (Å²) in [6.45, 7) is 7.79. The summed E-state index contributed by atoms with van der Waals surface area (Å²) in [5.41, 5.74) is 4.04. The van der Waals surface area contributed by atoms with Gasteiger partial charge in [-0.25, -0.2) is 9.97 Å². The molecule has 0 unspecified atom stereocenters. The van der Waals surface area contributed by atoms with E-state index < -0.39 is 0 Å². The highest BCUT2D eigenvalue weighted by atomic mass is 16.5. The van der Waals surface area contributed by atoms with Crippen molar-refractivity contribution in [3.8, 4) is 17.1 Å². The van der Waals surface area contributed by atoms with Gasteiger partial charge in [0.25, 0.3) is 5.56 Å². The van der Waals surface area contributed by atoms with Crippen LogP contribution >= 0.6 is 0 Å². The molecule has 0 radical (unpaired) electrons. The summed E-state index contributed by atoms with van der Waals surface area (Å²) in [4.78, 5) is 32.8. The molecule has 2 aromatic heterocycles. The second kappa shape index (κ2) is 8.72. The summed E-state index contributed by atoms with van der Waals surface area (Å²) >= 11 is 0. The van der Waals surface area contributed by atoms with Crippen LogP contribution in [0.3, 0.4) is 0 Å². The quantitative estimate of drug-likeness (QED) is 0.487. The Labute approximate surface area is 186 Å². The lowest BCUT2D eigenvalue weighted by Gasteiger charge is -2.32. The monoisotopic (exact) mass is 432 g/mol. The maximum absolute atomic E-state index is 12.9. The molecule has 0 aliphatic carbocycles. The first-order chi connectivity index (χ1) is 15.6. The molecule has 1 saturated heterocycles. The second-order valence-electron chi connectivity index (χ2n) is 8.46. The van der Waals surface area contributed by atoms with Crippen LogP contribution < -0.4 is 10.3 Å². The Balaban J connectivity index is 1.55. The Morgan fingerprint density at radius 1 is 1.09 bits per heavy atom. The molecular formula is C24H28N6O2. The second-order valence-corrected chi connectivity index (χ2v) is 8.46. The van der Waals surface area contributed by atoms with Gasteiger partial charge >= 0.3 is 0 Å². The van der Waals surface area contributed by atoms with Crippen molar-refractivity contribution in [1.29, 1.82) is 0 Å². The van der Waals surface area contributed by atoms with Gasteiger partial charge in [-0.1, -0.05) is 13.0 Å². The molecule has 0 atom stereocenters. The third-order valence-corrected chi connectivity index (χ3v) is 6.01. The van der Waals surface area contributed by atoms with Gasteiger partial charge in [-0.15, -0.1) is 0 Å². The van der Waals surface area contributed by atoms with E-state index in [1.54, 1.807) is 12.4 Å². The minimum Gasteiger partial charge on any atom is -0.493 e. The van der Waals surface area contributed by atoms with Crippen molar-refractivity contribution in [3.63, 3.8) is 0 Å². The van der Waals surface area contributed by atoms with Crippen molar-refractivity contribution in [2.24, 2.45) is 0 Å². The fraction of sp³-hybridized carbons (Fsp3) is 0.375. The smallest absolute Gasteiger partial charge is 0.259 e. The Hall–Kier alpha value is -3.23. The number of benzene rings is 2. The van der Waals surface area contributed by atoms with Crippen LogP contribution in [0.1, 0.15) is 18.9 Å². The van der Waals surface area contributed by atoms with Gasteiger partial charge in [0.05, 0.1) is 40.4 Å². The number of H-pyrrole nitrogens is 2. The van der Waals surface area contributed by atoms with Crippen molar-refractivity contribution in [2.75, 3.05) is 39.8 Å². The Kier molecular flexibility index (Phi) is 5.63. The van der Waals surface area contributed by atoms with Crippen LogP contribution in [0.25, 0.3) is 33.3 Å². The van der Waals surface area contributed by atoms with Gasteiger partial charge in [-0.05, 0) is 43.3 Å².